The van der Waals surface area contributed by atoms with Gasteiger partial charge in [0.25, 0.3) is 0 Å². The Hall–Kier alpha value is -4.43. The molecule has 3 aromatic rings. The van der Waals surface area contributed by atoms with Crippen LogP contribution in [0, 0.1) is 0 Å². The van der Waals surface area contributed by atoms with E-state index in [-0.39, 0.29) is 35.5 Å². The van der Waals surface area contributed by atoms with Crippen molar-refractivity contribution in [2.24, 2.45) is 0 Å². The summed E-state index contributed by atoms with van der Waals surface area (Å²) in [5.41, 5.74) is -1.20. The molecular formula is C32H38F3N5O6. The van der Waals surface area contributed by atoms with E-state index in [1.807, 2.05) is 0 Å². The Morgan fingerprint density at radius 1 is 1.04 bits per heavy atom. The summed E-state index contributed by atoms with van der Waals surface area (Å²) in [7, 11) is 2.83. The molecule has 2 heterocycles. The van der Waals surface area contributed by atoms with E-state index in [1.54, 1.807) is 55.9 Å². The molecule has 2 aromatic carbocycles. The summed E-state index contributed by atoms with van der Waals surface area (Å²) in [5.74, 6) is -1.46. The predicted octanol–water partition coefficient (Wildman–Crippen LogP) is 6.56. The largest absolute Gasteiger partial charge is 0.444 e. The zero-order valence-corrected chi connectivity index (χ0v) is 26.4. The predicted molar refractivity (Wildman–Crippen MR) is 165 cm³/mol. The van der Waals surface area contributed by atoms with Crippen LogP contribution in [-0.4, -0.2) is 60.2 Å². The molecule has 0 bridgehead atoms. The third kappa shape index (κ3) is 9.30. The van der Waals surface area contributed by atoms with Gasteiger partial charge in [-0.15, -0.1) is 0 Å². The van der Waals surface area contributed by atoms with Gasteiger partial charge in [0.2, 0.25) is 5.91 Å². The van der Waals surface area contributed by atoms with Crippen LogP contribution >= 0.6 is 0 Å². The van der Waals surface area contributed by atoms with E-state index in [4.69, 9.17) is 14.2 Å². The summed E-state index contributed by atoms with van der Waals surface area (Å²) in [6, 6.07) is 10.0. The van der Waals surface area contributed by atoms with E-state index < -0.39 is 41.5 Å². The molecule has 1 fully saturated rings. The molecule has 1 saturated heterocycles. The molecule has 4 rings (SSSR count). The van der Waals surface area contributed by atoms with Gasteiger partial charge < -0.3 is 24.4 Å². The molecular weight excluding hydrogens is 607 g/mol. The van der Waals surface area contributed by atoms with Crippen molar-refractivity contribution in [2.45, 2.75) is 71.1 Å². The lowest BCUT2D eigenvalue weighted by Crippen LogP contribution is -2.28. The summed E-state index contributed by atoms with van der Waals surface area (Å²) in [5, 5.41) is 9.11. The summed E-state index contributed by atoms with van der Waals surface area (Å²) >= 11 is 0. The Bertz CT molecular complexity index is 1560. The van der Waals surface area contributed by atoms with Gasteiger partial charge in [-0.2, -0.15) is 18.3 Å². The summed E-state index contributed by atoms with van der Waals surface area (Å²) in [6.45, 7) is 5.76. The molecule has 1 aromatic heterocycles. The Balaban J connectivity index is 1.52. The minimum absolute atomic E-state index is 0.138. The summed E-state index contributed by atoms with van der Waals surface area (Å²) in [6.07, 6.45) is -2.27. The fourth-order valence-electron chi connectivity index (χ4n) is 4.75. The molecule has 1 aliphatic rings. The molecule has 0 spiro atoms. The maximum atomic E-state index is 14.0. The molecule has 248 valence electrons. The van der Waals surface area contributed by atoms with Gasteiger partial charge in [0, 0.05) is 32.5 Å². The molecule has 1 atom stereocenters. The van der Waals surface area contributed by atoms with Gasteiger partial charge in [-0.25, -0.2) is 9.48 Å². The second kappa shape index (κ2) is 14.3. The normalized spacial score (nSPS) is 15.3. The smallest absolute Gasteiger partial charge is 0.418 e. The molecule has 1 unspecified atom stereocenters. The van der Waals surface area contributed by atoms with E-state index in [0.717, 1.165) is 31.0 Å². The van der Waals surface area contributed by atoms with Crippen molar-refractivity contribution in [3.05, 3.63) is 65.5 Å². The van der Waals surface area contributed by atoms with Gasteiger partial charge >= 0.3 is 12.3 Å². The van der Waals surface area contributed by atoms with Gasteiger partial charge in [0.05, 0.1) is 47.0 Å². The Labute approximate surface area is 265 Å². The van der Waals surface area contributed by atoms with Crippen molar-refractivity contribution in [1.29, 1.82) is 0 Å². The number of ether oxygens (including phenoxy) is 3. The highest BCUT2D eigenvalue weighted by Gasteiger charge is 2.36. The van der Waals surface area contributed by atoms with Gasteiger partial charge in [-0.05, 0) is 70.4 Å². The van der Waals surface area contributed by atoms with Crippen LogP contribution < -0.4 is 15.5 Å². The zero-order valence-electron chi connectivity index (χ0n) is 26.4. The number of rotatable bonds is 10. The highest BCUT2D eigenvalue weighted by atomic mass is 19.4. The number of nitrogens with zero attached hydrogens (tertiary/aromatic N) is 3. The molecule has 46 heavy (non-hydrogen) atoms. The Kier molecular flexibility index (Phi) is 10.7. The number of nitrogens with one attached hydrogen (secondary N) is 2. The van der Waals surface area contributed by atoms with E-state index >= 15 is 0 Å². The summed E-state index contributed by atoms with van der Waals surface area (Å²) < 4.78 is 60.3. The first kappa shape index (κ1) is 34.4. The molecule has 1 aliphatic heterocycles. The number of hydrogen-bond donors (Lipinski definition) is 2. The van der Waals surface area contributed by atoms with Crippen molar-refractivity contribution < 1.29 is 41.8 Å². The first-order chi connectivity index (χ1) is 21.6. The molecule has 2 amide bonds. The SMILES string of the molecule is CN(C)c1cc(NC(=O)OC(C)(C)C)c(NC(=O)CC(=O)c2cccc(-n3nccc3COC3CCCCO3)c2)cc1C(F)(F)F. The van der Waals surface area contributed by atoms with Gasteiger partial charge in [0.1, 0.15) is 5.60 Å². The van der Waals surface area contributed by atoms with E-state index in [1.165, 1.54) is 25.1 Å². The van der Waals surface area contributed by atoms with Crippen LogP contribution in [0.1, 0.15) is 68.1 Å². The lowest BCUT2D eigenvalue weighted by molar-refractivity contribution is -0.169. The fraction of sp³-hybridized carbons (Fsp3) is 0.438. The fourth-order valence-corrected chi connectivity index (χ4v) is 4.75. The van der Waals surface area contributed by atoms with Gasteiger partial charge in [-0.3, -0.25) is 14.9 Å². The highest BCUT2D eigenvalue weighted by Crippen LogP contribution is 2.41. The van der Waals surface area contributed by atoms with Crippen molar-refractivity contribution in [1.82, 2.24) is 9.78 Å². The second-order valence-corrected chi connectivity index (χ2v) is 12.0. The van der Waals surface area contributed by atoms with Crippen molar-refractivity contribution in [2.75, 3.05) is 36.2 Å². The lowest BCUT2D eigenvalue weighted by atomic mass is 10.1. The maximum absolute atomic E-state index is 14.0. The van der Waals surface area contributed by atoms with Crippen LogP contribution in [0.3, 0.4) is 0 Å². The minimum Gasteiger partial charge on any atom is -0.444 e. The average molecular weight is 646 g/mol. The number of alkyl halides is 3. The standard InChI is InChI=1S/C32H38F3N5O6/c1-31(2,3)46-30(43)38-25-17-26(39(4)5)23(32(33,34)35)16-24(25)37-28(42)18-27(41)20-9-8-10-21(15-20)40-22(12-13-36-40)19-45-29-11-6-7-14-44-29/h8-10,12-13,15-17,29H,6-7,11,14,18-19H2,1-5H3,(H,37,42)(H,38,43). The van der Waals surface area contributed by atoms with Crippen LogP contribution in [0.4, 0.5) is 35.0 Å². The van der Waals surface area contributed by atoms with Crippen LogP contribution in [0.5, 0.6) is 0 Å². The van der Waals surface area contributed by atoms with Crippen molar-refractivity contribution in [3.63, 3.8) is 0 Å². The number of ketones is 1. The molecule has 2 N–H and O–H groups in total. The van der Waals surface area contributed by atoms with E-state index in [2.05, 4.69) is 15.7 Å². The molecule has 0 radical (unpaired) electrons. The Morgan fingerprint density at radius 3 is 2.43 bits per heavy atom. The average Bonchev–Trinajstić information content (AvgIpc) is 3.44. The zero-order chi connectivity index (χ0) is 33.6. The number of Topliss-reactive ketones (excluding diaryl/α,β-unsaturated/α-hetero) is 1. The molecule has 14 heteroatoms. The quantitative estimate of drug-likeness (QED) is 0.188. The highest BCUT2D eigenvalue weighted by molar-refractivity contribution is 6.12. The topological polar surface area (TPSA) is 124 Å². The number of anilines is 3. The number of hydrogen-bond acceptors (Lipinski definition) is 8. The van der Waals surface area contributed by atoms with Gasteiger partial charge in [-0.1, -0.05) is 12.1 Å². The van der Waals surface area contributed by atoms with E-state index in [0.29, 0.717) is 18.4 Å². The number of benzene rings is 2. The third-order valence-corrected chi connectivity index (χ3v) is 6.84. The van der Waals surface area contributed by atoms with E-state index in [9.17, 15) is 27.6 Å². The van der Waals surface area contributed by atoms with Gasteiger partial charge in [0.15, 0.2) is 12.1 Å². The first-order valence-corrected chi connectivity index (χ1v) is 14.7. The second-order valence-electron chi connectivity index (χ2n) is 12.0. The van der Waals surface area contributed by atoms with Crippen LogP contribution in [0.15, 0.2) is 48.7 Å². The first-order valence-electron chi connectivity index (χ1n) is 14.7. The van der Waals surface area contributed by atoms with Crippen LogP contribution in [0.2, 0.25) is 0 Å². The third-order valence-electron chi connectivity index (χ3n) is 6.84. The monoisotopic (exact) mass is 645 g/mol. The number of carbonyl (C=O) groups is 3. The number of amides is 2. The molecule has 0 aliphatic carbocycles. The maximum Gasteiger partial charge on any atom is 0.418 e. The van der Waals surface area contributed by atoms with Crippen LogP contribution in [0.25, 0.3) is 5.69 Å². The number of halogens is 3. The summed E-state index contributed by atoms with van der Waals surface area (Å²) in [4.78, 5) is 39.9. The minimum atomic E-state index is -4.78. The number of aromatic nitrogens is 2. The van der Waals surface area contributed by atoms with Crippen molar-refractivity contribution in [3.8, 4) is 5.69 Å². The lowest BCUT2D eigenvalue weighted by Gasteiger charge is -2.24. The number of carbonyl (C=O) groups excluding carboxylic acids is 3. The Morgan fingerprint density at radius 2 is 1.78 bits per heavy atom. The van der Waals surface area contributed by atoms with Crippen LogP contribution in [-0.2, 0) is 31.8 Å². The molecule has 11 nitrogen and oxygen atoms in total. The van der Waals surface area contributed by atoms with Crippen molar-refractivity contribution >= 4 is 34.8 Å². The molecule has 0 saturated carbocycles.